The molecule has 0 heterocycles. The molecule has 0 saturated heterocycles. The van der Waals surface area contributed by atoms with Crippen LogP contribution in [0.2, 0.25) is 0 Å². The highest BCUT2D eigenvalue weighted by atomic mass is 16.5. The van der Waals surface area contributed by atoms with Crippen LogP contribution in [0.15, 0.2) is 17.1 Å². The number of nitrogens with one attached hydrogen (secondary N) is 2. The quantitative estimate of drug-likeness (QED) is 0.406. The molecular formula is C16H27N3O4. The number of hydrogen-bond donors (Lipinski definition) is 2. The third-order valence-electron chi connectivity index (χ3n) is 3.29. The minimum atomic E-state index is 0.514. The van der Waals surface area contributed by atoms with E-state index >= 15 is 0 Å². The maximum atomic E-state index is 5.43. The molecule has 0 amide bonds. The van der Waals surface area contributed by atoms with E-state index in [0.717, 1.165) is 18.5 Å². The van der Waals surface area contributed by atoms with Gasteiger partial charge in [-0.05, 0) is 6.42 Å². The Bertz CT molecular complexity index is 481. The lowest BCUT2D eigenvalue weighted by Gasteiger charge is -2.17. The fourth-order valence-corrected chi connectivity index (χ4v) is 2.07. The van der Waals surface area contributed by atoms with E-state index in [-0.39, 0.29) is 0 Å². The molecule has 2 N–H and O–H groups in total. The molecule has 0 atom stereocenters. The van der Waals surface area contributed by atoms with Crippen LogP contribution in [0, 0.1) is 0 Å². The summed E-state index contributed by atoms with van der Waals surface area (Å²) >= 11 is 0. The Labute approximate surface area is 138 Å². The summed E-state index contributed by atoms with van der Waals surface area (Å²) in [5.41, 5.74) is 0.899. The first-order valence-electron chi connectivity index (χ1n) is 7.42. The summed E-state index contributed by atoms with van der Waals surface area (Å²) in [6.07, 6.45) is 0.909. The van der Waals surface area contributed by atoms with Gasteiger partial charge >= 0.3 is 0 Å². The van der Waals surface area contributed by atoms with Crippen molar-refractivity contribution in [3.8, 4) is 17.2 Å². The Kier molecular flexibility index (Phi) is 8.67. The molecule has 0 aromatic heterocycles. The predicted octanol–water partition coefficient (Wildman–Crippen LogP) is 1.41. The molecule has 0 aliphatic carbocycles. The zero-order valence-electron chi connectivity index (χ0n) is 14.6. The monoisotopic (exact) mass is 325 g/mol. The lowest BCUT2D eigenvalue weighted by atomic mass is 10.1. The molecule has 0 radical (unpaired) electrons. The summed E-state index contributed by atoms with van der Waals surface area (Å²) in [5, 5.41) is 6.47. The fraction of sp³-hybridized carbons (Fsp3) is 0.562. The molecule has 0 spiro atoms. The topological polar surface area (TPSA) is 73.3 Å². The van der Waals surface area contributed by atoms with Crippen molar-refractivity contribution < 1.29 is 18.9 Å². The van der Waals surface area contributed by atoms with Crippen LogP contribution in [0.4, 0.5) is 0 Å². The molecule has 130 valence electrons. The van der Waals surface area contributed by atoms with Gasteiger partial charge < -0.3 is 29.6 Å². The van der Waals surface area contributed by atoms with Gasteiger partial charge in [0.15, 0.2) is 5.96 Å². The minimum Gasteiger partial charge on any atom is -0.496 e. The SMILES string of the molecule is CN=C(NCCCOC)NCc1c(OC)cc(OC)cc1OC. The average Bonchev–Trinajstić information content (AvgIpc) is 2.60. The van der Waals surface area contributed by atoms with Gasteiger partial charge in [-0.1, -0.05) is 0 Å². The van der Waals surface area contributed by atoms with Gasteiger partial charge in [0.1, 0.15) is 17.2 Å². The standard InChI is InChI=1S/C16H27N3O4/c1-17-16(18-7-6-8-20-2)19-11-13-14(22-4)9-12(21-3)10-15(13)23-5/h9-10H,6-8,11H2,1-5H3,(H2,17,18,19). The molecule has 1 aromatic rings. The molecule has 0 fully saturated rings. The minimum absolute atomic E-state index is 0.514. The molecular weight excluding hydrogens is 298 g/mol. The highest BCUT2D eigenvalue weighted by molar-refractivity contribution is 5.79. The van der Waals surface area contributed by atoms with Crippen molar-refractivity contribution in [1.82, 2.24) is 10.6 Å². The van der Waals surface area contributed by atoms with Crippen LogP contribution in [0.25, 0.3) is 0 Å². The Morgan fingerprint density at radius 3 is 2.13 bits per heavy atom. The molecule has 0 aliphatic rings. The zero-order valence-corrected chi connectivity index (χ0v) is 14.6. The Balaban J connectivity index is 2.75. The van der Waals surface area contributed by atoms with Crippen LogP contribution in [0.1, 0.15) is 12.0 Å². The summed E-state index contributed by atoms with van der Waals surface area (Å²) in [7, 11) is 8.27. The van der Waals surface area contributed by atoms with Crippen molar-refractivity contribution in [2.45, 2.75) is 13.0 Å². The van der Waals surface area contributed by atoms with Crippen molar-refractivity contribution >= 4 is 5.96 Å². The number of hydrogen-bond acceptors (Lipinski definition) is 5. The van der Waals surface area contributed by atoms with Gasteiger partial charge in [0.05, 0.1) is 33.4 Å². The van der Waals surface area contributed by atoms with Crippen molar-refractivity contribution in [3.63, 3.8) is 0 Å². The first-order chi connectivity index (χ1) is 11.2. The number of guanidine groups is 1. The van der Waals surface area contributed by atoms with Gasteiger partial charge in [-0.3, -0.25) is 4.99 Å². The molecule has 0 aliphatic heterocycles. The van der Waals surface area contributed by atoms with E-state index < -0.39 is 0 Å². The molecule has 0 saturated carbocycles. The van der Waals surface area contributed by atoms with E-state index in [1.807, 2.05) is 12.1 Å². The lowest BCUT2D eigenvalue weighted by molar-refractivity contribution is 0.195. The summed E-state index contributed by atoms with van der Waals surface area (Å²) < 4.78 is 21.1. The van der Waals surface area contributed by atoms with Crippen LogP contribution in [0.3, 0.4) is 0 Å². The summed E-state index contributed by atoms with van der Waals surface area (Å²) in [5.74, 6) is 2.79. The first-order valence-corrected chi connectivity index (χ1v) is 7.42. The number of aliphatic imine (C=N–C) groups is 1. The fourth-order valence-electron chi connectivity index (χ4n) is 2.07. The third kappa shape index (κ3) is 5.86. The Hall–Kier alpha value is -2.15. The number of benzene rings is 1. The molecule has 0 unspecified atom stereocenters. The van der Waals surface area contributed by atoms with Gasteiger partial charge in [0, 0.05) is 39.4 Å². The number of methoxy groups -OCH3 is 4. The summed E-state index contributed by atoms with van der Waals surface area (Å²) in [6.45, 7) is 2.01. The highest BCUT2D eigenvalue weighted by Gasteiger charge is 2.13. The number of rotatable bonds is 9. The predicted molar refractivity (Wildman–Crippen MR) is 90.8 cm³/mol. The molecule has 0 bridgehead atoms. The second-order valence-electron chi connectivity index (χ2n) is 4.71. The summed E-state index contributed by atoms with van der Waals surface area (Å²) in [6, 6.07) is 3.66. The van der Waals surface area contributed by atoms with E-state index in [2.05, 4.69) is 15.6 Å². The van der Waals surface area contributed by atoms with Crippen LogP contribution >= 0.6 is 0 Å². The Morgan fingerprint density at radius 2 is 1.65 bits per heavy atom. The number of ether oxygens (including phenoxy) is 4. The second kappa shape index (κ2) is 10.6. The third-order valence-corrected chi connectivity index (χ3v) is 3.29. The van der Waals surface area contributed by atoms with Gasteiger partial charge in [0.2, 0.25) is 0 Å². The van der Waals surface area contributed by atoms with Crippen molar-refractivity contribution in [2.24, 2.45) is 4.99 Å². The van der Waals surface area contributed by atoms with E-state index in [0.29, 0.717) is 36.4 Å². The van der Waals surface area contributed by atoms with Gasteiger partial charge in [-0.25, -0.2) is 0 Å². The van der Waals surface area contributed by atoms with E-state index in [9.17, 15) is 0 Å². The molecule has 23 heavy (non-hydrogen) atoms. The van der Waals surface area contributed by atoms with Gasteiger partial charge in [-0.2, -0.15) is 0 Å². The molecule has 7 nitrogen and oxygen atoms in total. The van der Waals surface area contributed by atoms with Crippen LogP contribution < -0.4 is 24.8 Å². The Morgan fingerprint density at radius 1 is 1.00 bits per heavy atom. The summed E-state index contributed by atoms with van der Waals surface area (Å²) in [4.78, 5) is 4.19. The van der Waals surface area contributed by atoms with Gasteiger partial charge in [0.25, 0.3) is 0 Å². The van der Waals surface area contributed by atoms with E-state index in [4.69, 9.17) is 18.9 Å². The second-order valence-corrected chi connectivity index (χ2v) is 4.71. The van der Waals surface area contributed by atoms with E-state index in [1.54, 1.807) is 35.5 Å². The largest absolute Gasteiger partial charge is 0.496 e. The van der Waals surface area contributed by atoms with Crippen molar-refractivity contribution in [1.29, 1.82) is 0 Å². The maximum Gasteiger partial charge on any atom is 0.191 e. The van der Waals surface area contributed by atoms with Crippen molar-refractivity contribution in [3.05, 3.63) is 17.7 Å². The smallest absolute Gasteiger partial charge is 0.191 e. The number of nitrogens with zero attached hydrogens (tertiary/aromatic N) is 1. The van der Waals surface area contributed by atoms with Crippen LogP contribution in [0.5, 0.6) is 17.2 Å². The molecule has 1 aromatic carbocycles. The average molecular weight is 325 g/mol. The maximum absolute atomic E-state index is 5.43. The molecule has 7 heteroatoms. The van der Waals surface area contributed by atoms with Crippen molar-refractivity contribution in [2.75, 3.05) is 48.6 Å². The molecule has 1 rings (SSSR count). The van der Waals surface area contributed by atoms with Gasteiger partial charge in [-0.15, -0.1) is 0 Å². The first kappa shape index (κ1) is 18.9. The lowest BCUT2D eigenvalue weighted by Crippen LogP contribution is -2.37. The van der Waals surface area contributed by atoms with Crippen LogP contribution in [-0.4, -0.2) is 54.6 Å². The highest BCUT2D eigenvalue weighted by Crippen LogP contribution is 2.33. The van der Waals surface area contributed by atoms with Crippen LogP contribution in [-0.2, 0) is 11.3 Å². The van der Waals surface area contributed by atoms with E-state index in [1.165, 1.54) is 0 Å². The zero-order chi connectivity index (χ0) is 17.1. The normalized spacial score (nSPS) is 11.1.